The maximum absolute atomic E-state index is 12.0. The molecule has 0 saturated heterocycles. The summed E-state index contributed by atoms with van der Waals surface area (Å²) >= 11 is 11.8. The van der Waals surface area contributed by atoms with Crippen LogP contribution in [0, 0.1) is 0 Å². The molecule has 0 bridgehead atoms. The second-order valence-corrected chi connectivity index (χ2v) is 5.51. The molecule has 1 aromatic carbocycles. The molecule has 0 aromatic heterocycles. The third kappa shape index (κ3) is 5.01. The molecule has 0 unspecified atom stereocenters. The van der Waals surface area contributed by atoms with Gasteiger partial charge >= 0.3 is 0 Å². The molecule has 3 nitrogen and oxygen atoms in total. The minimum absolute atomic E-state index is 0.0421. The van der Waals surface area contributed by atoms with E-state index in [0.29, 0.717) is 16.6 Å². The lowest BCUT2D eigenvalue weighted by Crippen LogP contribution is -2.41. The Morgan fingerprint density at radius 2 is 2.05 bits per heavy atom. The van der Waals surface area contributed by atoms with E-state index in [1.54, 1.807) is 24.1 Å². The minimum atomic E-state index is -0.423. The number of carbonyl (C=O) groups is 1. The van der Waals surface area contributed by atoms with E-state index in [-0.39, 0.29) is 5.91 Å². The van der Waals surface area contributed by atoms with Crippen LogP contribution in [0.15, 0.2) is 18.2 Å². The first kappa shape index (κ1) is 16.3. The molecule has 1 rings (SSSR count). The van der Waals surface area contributed by atoms with Gasteiger partial charge in [-0.2, -0.15) is 0 Å². The number of benzene rings is 1. The monoisotopic (exact) mass is 302 g/mol. The van der Waals surface area contributed by atoms with Crippen molar-refractivity contribution in [2.45, 2.75) is 38.8 Å². The number of amides is 1. The number of nitrogens with two attached hydrogens (primary N) is 1. The highest BCUT2D eigenvalue weighted by molar-refractivity contribution is 6.42. The highest BCUT2D eigenvalue weighted by atomic mass is 35.5. The van der Waals surface area contributed by atoms with Gasteiger partial charge in [-0.15, -0.1) is 0 Å². The van der Waals surface area contributed by atoms with Crippen molar-refractivity contribution in [3.63, 3.8) is 0 Å². The van der Waals surface area contributed by atoms with Crippen LogP contribution in [0.4, 0.5) is 0 Å². The summed E-state index contributed by atoms with van der Waals surface area (Å²) in [4.78, 5) is 13.7. The van der Waals surface area contributed by atoms with Crippen LogP contribution in [0.2, 0.25) is 10.0 Å². The average molecular weight is 303 g/mol. The second-order valence-electron chi connectivity index (χ2n) is 4.69. The van der Waals surface area contributed by atoms with Crippen molar-refractivity contribution >= 4 is 29.1 Å². The van der Waals surface area contributed by atoms with Gasteiger partial charge in [-0.25, -0.2) is 0 Å². The van der Waals surface area contributed by atoms with Crippen LogP contribution in [0.5, 0.6) is 0 Å². The molecule has 1 amide bonds. The van der Waals surface area contributed by atoms with Crippen molar-refractivity contribution in [3.8, 4) is 0 Å². The van der Waals surface area contributed by atoms with Gasteiger partial charge in [-0.05, 0) is 24.1 Å². The number of unbranched alkanes of at least 4 members (excludes halogenated alkanes) is 1. The van der Waals surface area contributed by atoms with Crippen molar-refractivity contribution in [3.05, 3.63) is 33.8 Å². The predicted octanol–water partition coefficient (Wildman–Crippen LogP) is 3.47. The van der Waals surface area contributed by atoms with Crippen LogP contribution >= 0.6 is 23.2 Å². The topological polar surface area (TPSA) is 46.3 Å². The molecule has 5 heteroatoms. The molecular formula is C14H20Cl2N2O. The van der Waals surface area contributed by atoms with E-state index in [0.717, 1.165) is 24.8 Å². The Kier molecular flexibility index (Phi) is 6.63. The van der Waals surface area contributed by atoms with Gasteiger partial charge in [-0.1, -0.05) is 49.0 Å². The Balaban J connectivity index is 2.60. The van der Waals surface area contributed by atoms with Gasteiger partial charge in [0.25, 0.3) is 0 Å². The molecule has 0 radical (unpaired) electrons. The van der Waals surface area contributed by atoms with E-state index in [4.69, 9.17) is 28.9 Å². The van der Waals surface area contributed by atoms with Gasteiger partial charge in [0.15, 0.2) is 0 Å². The zero-order valence-electron chi connectivity index (χ0n) is 11.3. The molecule has 19 heavy (non-hydrogen) atoms. The Labute approximate surface area is 124 Å². The smallest absolute Gasteiger partial charge is 0.239 e. The van der Waals surface area contributed by atoms with Gasteiger partial charge in [-0.3, -0.25) is 4.79 Å². The first-order valence-electron chi connectivity index (χ1n) is 6.40. The Morgan fingerprint density at radius 3 is 2.63 bits per heavy atom. The molecular weight excluding hydrogens is 283 g/mol. The quantitative estimate of drug-likeness (QED) is 0.874. The summed E-state index contributed by atoms with van der Waals surface area (Å²) in [7, 11) is 1.75. The van der Waals surface area contributed by atoms with Crippen molar-refractivity contribution in [2.24, 2.45) is 5.73 Å². The van der Waals surface area contributed by atoms with Gasteiger partial charge < -0.3 is 10.6 Å². The fourth-order valence-electron chi connectivity index (χ4n) is 1.82. The number of rotatable bonds is 6. The highest BCUT2D eigenvalue weighted by Gasteiger charge is 2.17. The van der Waals surface area contributed by atoms with Crippen molar-refractivity contribution in [2.75, 3.05) is 7.05 Å². The van der Waals surface area contributed by atoms with Crippen molar-refractivity contribution < 1.29 is 4.79 Å². The summed E-state index contributed by atoms with van der Waals surface area (Å²) in [5.74, 6) is -0.0421. The van der Waals surface area contributed by atoms with Crippen LogP contribution in [0.25, 0.3) is 0 Å². The van der Waals surface area contributed by atoms with Crippen LogP contribution in [0.1, 0.15) is 31.7 Å². The lowest BCUT2D eigenvalue weighted by Gasteiger charge is -2.21. The van der Waals surface area contributed by atoms with Gasteiger partial charge in [0.2, 0.25) is 5.91 Å². The van der Waals surface area contributed by atoms with E-state index in [1.807, 2.05) is 6.07 Å². The molecule has 106 valence electrons. The molecule has 2 N–H and O–H groups in total. The summed E-state index contributed by atoms with van der Waals surface area (Å²) < 4.78 is 0. The van der Waals surface area contributed by atoms with E-state index in [1.165, 1.54) is 0 Å². The first-order chi connectivity index (χ1) is 8.95. The van der Waals surface area contributed by atoms with Crippen LogP contribution in [-0.2, 0) is 11.3 Å². The molecule has 0 spiro atoms. The lowest BCUT2D eigenvalue weighted by atomic mass is 10.1. The van der Waals surface area contributed by atoms with Gasteiger partial charge in [0.1, 0.15) is 0 Å². The summed E-state index contributed by atoms with van der Waals surface area (Å²) in [5, 5.41) is 1.01. The summed E-state index contributed by atoms with van der Waals surface area (Å²) in [6, 6.07) is 4.93. The second kappa shape index (κ2) is 7.73. The highest BCUT2D eigenvalue weighted by Crippen LogP contribution is 2.23. The van der Waals surface area contributed by atoms with Crippen LogP contribution in [-0.4, -0.2) is 23.9 Å². The number of likely N-dealkylation sites (N-methyl/N-ethyl adjacent to an activating group) is 1. The number of halogens is 2. The molecule has 1 aromatic rings. The fraction of sp³-hybridized carbons (Fsp3) is 0.500. The summed E-state index contributed by atoms with van der Waals surface area (Å²) in [6.07, 6.45) is 2.73. The van der Waals surface area contributed by atoms with Crippen LogP contribution in [0.3, 0.4) is 0 Å². The van der Waals surface area contributed by atoms with E-state index < -0.39 is 6.04 Å². The summed E-state index contributed by atoms with van der Waals surface area (Å²) in [6.45, 7) is 2.56. The maximum Gasteiger partial charge on any atom is 0.239 e. The van der Waals surface area contributed by atoms with E-state index in [2.05, 4.69) is 6.92 Å². The zero-order chi connectivity index (χ0) is 14.4. The van der Waals surface area contributed by atoms with E-state index >= 15 is 0 Å². The van der Waals surface area contributed by atoms with Crippen molar-refractivity contribution in [1.82, 2.24) is 4.90 Å². The molecule has 0 fully saturated rings. The van der Waals surface area contributed by atoms with Gasteiger partial charge in [0, 0.05) is 13.6 Å². The Hall–Kier alpha value is -0.770. The number of nitrogens with zero attached hydrogens (tertiary/aromatic N) is 1. The Morgan fingerprint density at radius 1 is 1.37 bits per heavy atom. The maximum atomic E-state index is 12.0. The minimum Gasteiger partial charge on any atom is -0.340 e. The SMILES string of the molecule is CCCC[C@H](N)C(=O)N(C)Cc1ccc(Cl)c(Cl)c1. The third-order valence-electron chi connectivity index (χ3n) is 2.97. The zero-order valence-corrected chi connectivity index (χ0v) is 12.8. The first-order valence-corrected chi connectivity index (χ1v) is 7.15. The molecule has 1 atom stereocenters. The van der Waals surface area contributed by atoms with Crippen molar-refractivity contribution in [1.29, 1.82) is 0 Å². The molecule has 0 aliphatic carbocycles. The fourth-order valence-corrected chi connectivity index (χ4v) is 2.14. The average Bonchev–Trinajstić information content (AvgIpc) is 2.39. The predicted molar refractivity (Wildman–Crippen MR) is 80.4 cm³/mol. The third-order valence-corrected chi connectivity index (χ3v) is 3.70. The van der Waals surface area contributed by atoms with E-state index in [9.17, 15) is 4.79 Å². The lowest BCUT2D eigenvalue weighted by molar-refractivity contribution is -0.132. The molecule has 0 heterocycles. The summed E-state index contributed by atoms with van der Waals surface area (Å²) in [5.41, 5.74) is 6.81. The van der Waals surface area contributed by atoms with Gasteiger partial charge in [0.05, 0.1) is 16.1 Å². The molecule has 0 aliphatic rings. The molecule has 0 aliphatic heterocycles. The number of hydrogen-bond acceptors (Lipinski definition) is 2. The standard InChI is InChI=1S/C14H20Cl2N2O/c1-3-4-5-13(17)14(19)18(2)9-10-6-7-11(15)12(16)8-10/h6-8,13H,3-5,9,17H2,1-2H3/t13-/m0/s1. The Bertz CT molecular complexity index is 437. The number of carbonyl (C=O) groups excluding carboxylic acids is 1. The largest absolute Gasteiger partial charge is 0.340 e. The normalized spacial score (nSPS) is 12.3. The molecule has 0 saturated carbocycles. The number of hydrogen-bond donors (Lipinski definition) is 1. The van der Waals surface area contributed by atoms with Crippen LogP contribution < -0.4 is 5.73 Å².